The Bertz CT molecular complexity index is 1710. The Kier molecular flexibility index (Phi) is 6.98. The minimum Gasteiger partial charge on any atom is -0.497 e. The number of nitrogens with zero attached hydrogens (tertiary/aromatic N) is 1. The van der Waals surface area contributed by atoms with Crippen LogP contribution in [-0.4, -0.2) is 55.7 Å². The van der Waals surface area contributed by atoms with Crippen LogP contribution in [0.25, 0.3) is 0 Å². The number of benzene rings is 3. The molecule has 4 aliphatic rings. The highest BCUT2D eigenvalue weighted by Gasteiger charge is 2.49. The fourth-order valence-electron chi connectivity index (χ4n) is 6.31. The first kappa shape index (κ1) is 30.0. The molecule has 46 heavy (non-hydrogen) atoms. The molecule has 1 N–H and O–H groups in total. The van der Waals surface area contributed by atoms with Gasteiger partial charge < -0.3 is 33.9 Å². The zero-order chi connectivity index (χ0) is 32.4. The number of ether oxygens (including phenoxy) is 5. The highest BCUT2D eigenvalue weighted by atomic mass is 19.3. The van der Waals surface area contributed by atoms with Gasteiger partial charge >= 0.3 is 6.29 Å². The van der Waals surface area contributed by atoms with E-state index < -0.39 is 35.7 Å². The van der Waals surface area contributed by atoms with E-state index in [-0.39, 0.29) is 55.7 Å². The van der Waals surface area contributed by atoms with Crippen molar-refractivity contribution in [3.63, 3.8) is 0 Å². The van der Waals surface area contributed by atoms with Crippen molar-refractivity contribution in [2.45, 2.75) is 56.0 Å². The summed E-state index contributed by atoms with van der Waals surface area (Å²) in [5.74, 6) is -2.52. The van der Waals surface area contributed by atoms with Crippen molar-refractivity contribution in [2.24, 2.45) is 0 Å². The summed E-state index contributed by atoms with van der Waals surface area (Å²) in [6.07, 6.45) is -4.73. The van der Waals surface area contributed by atoms with Crippen LogP contribution in [0.5, 0.6) is 28.7 Å². The number of hydrogen-bond donors (Lipinski definition) is 1. The van der Waals surface area contributed by atoms with Crippen LogP contribution in [0.2, 0.25) is 0 Å². The zero-order valence-corrected chi connectivity index (χ0v) is 24.9. The summed E-state index contributed by atoms with van der Waals surface area (Å²) in [5, 5.41) is 3.12. The van der Waals surface area contributed by atoms with Gasteiger partial charge in [-0.05, 0) is 42.8 Å². The van der Waals surface area contributed by atoms with E-state index in [1.807, 2.05) is 0 Å². The van der Waals surface area contributed by atoms with Crippen LogP contribution in [0, 0.1) is 0 Å². The third kappa shape index (κ3) is 5.31. The second kappa shape index (κ2) is 10.7. The third-order valence-corrected chi connectivity index (χ3v) is 9.05. The third-order valence-electron chi connectivity index (χ3n) is 9.05. The topological polar surface area (TPSA) is 95.6 Å². The maximum Gasteiger partial charge on any atom is 0.586 e. The molecule has 7 rings (SSSR count). The van der Waals surface area contributed by atoms with Gasteiger partial charge in [0.15, 0.2) is 11.5 Å². The molecule has 4 aliphatic heterocycles. The zero-order valence-electron chi connectivity index (χ0n) is 24.9. The van der Waals surface area contributed by atoms with Crippen molar-refractivity contribution in [2.75, 3.05) is 26.8 Å². The molecular weight excluding hydrogens is 612 g/mol. The van der Waals surface area contributed by atoms with Crippen LogP contribution in [0.4, 0.5) is 17.6 Å². The van der Waals surface area contributed by atoms with Crippen LogP contribution in [0.15, 0.2) is 54.6 Å². The standard InChI is InChI=1S/C33H30F4N2O7/c1-31(17-43-26-16-28-27(14-22(26)31)45-33(36,37)46-28)30(41)38-23-15-24(44-25-13-20(42-2)7-8-21(23)25)18-3-5-19(6-4-18)29(40)39-11-9-32(34,35)10-12-39/h3-8,13-14,16,23-24H,9-12,15,17H2,1-2H3,(H,38,41)/t23-,24-,31?/m1/s1. The molecule has 1 unspecified atom stereocenters. The number of likely N-dealkylation sites (tertiary alicyclic amines) is 1. The van der Waals surface area contributed by atoms with Crippen molar-refractivity contribution in [1.82, 2.24) is 10.2 Å². The Balaban J connectivity index is 1.12. The van der Waals surface area contributed by atoms with Crippen LogP contribution < -0.4 is 29.0 Å². The molecule has 242 valence electrons. The smallest absolute Gasteiger partial charge is 0.497 e. The SMILES string of the molecule is COc1ccc2c(c1)O[C@@H](c1ccc(C(=O)N3CCC(F)(F)CC3)cc1)C[C@H]2NC(=O)C1(C)COc2cc3c(cc21)OC(F)(F)O3. The molecule has 0 spiro atoms. The van der Waals surface area contributed by atoms with Gasteiger partial charge in [0, 0.05) is 61.2 Å². The predicted molar refractivity (Wildman–Crippen MR) is 154 cm³/mol. The number of hydrogen-bond acceptors (Lipinski definition) is 7. The highest BCUT2D eigenvalue weighted by Crippen LogP contribution is 2.50. The number of fused-ring (bicyclic) bond motifs is 3. The van der Waals surface area contributed by atoms with E-state index in [4.69, 9.17) is 14.2 Å². The Morgan fingerprint density at radius 2 is 1.61 bits per heavy atom. The molecule has 13 heteroatoms. The normalized spacial score (nSPS) is 25.0. The van der Waals surface area contributed by atoms with Gasteiger partial charge in [0.25, 0.3) is 11.8 Å². The fourth-order valence-corrected chi connectivity index (χ4v) is 6.31. The van der Waals surface area contributed by atoms with E-state index in [0.717, 1.165) is 5.56 Å². The first-order chi connectivity index (χ1) is 21.8. The second-order valence-electron chi connectivity index (χ2n) is 12.1. The number of nitrogens with one attached hydrogen (secondary N) is 1. The van der Waals surface area contributed by atoms with Gasteiger partial charge in [0.05, 0.1) is 13.2 Å². The van der Waals surface area contributed by atoms with E-state index in [9.17, 15) is 27.2 Å². The monoisotopic (exact) mass is 642 g/mol. The van der Waals surface area contributed by atoms with E-state index >= 15 is 0 Å². The molecule has 9 nitrogen and oxygen atoms in total. The number of alkyl halides is 4. The first-order valence-corrected chi connectivity index (χ1v) is 14.8. The highest BCUT2D eigenvalue weighted by molar-refractivity contribution is 5.94. The molecule has 0 radical (unpaired) electrons. The van der Waals surface area contributed by atoms with Gasteiger partial charge in [-0.3, -0.25) is 9.59 Å². The molecule has 0 bridgehead atoms. The minimum absolute atomic E-state index is 0.0104. The summed E-state index contributed by atoms with van der Waals surface area (Å²) in [7, 11) is 1.53. The summed E-state index contributed by atoms with van der Waals surface area (Å²) >= 11 is 0. The van der Waals surface area contributed by atoms with Crippen LogP contribution in [-0.2, 0) is 10.2 Å². The number of rotatable bonds is 5. The lowest BCUT2D eigenvalue weighted by Crippen LogP contribution is -2.46. The molecule has 4 heterocycles. The number of piperidine rings is 1. The Hall–Kier alpha value is -4.68. The van der Waals surface area contributed by atoms with Gasteiger partial charge in [0.1, 0.15) is 35.4 Å². The van der Waals surface area contributed by atoms with Crippen LogP contribution in [0.3, 0.4) is 0 Å². The molecule has 0 aromatic heterocycles. The number of carbonyl (C=O) groups is 2. The maximum absolute atomic E-state index is 13.9. The Morgan fingerprint density at radius 3 is 2.30 bits per heavy atom. The number of methoxy groups -OCH3 is 1. The summed E-state index contributed by atoms with van der Waals surface area (Å²) in [6, 6.07) is 14.2. The average molecular weight is 643 g/mol. The quantitative estimate of drug-likeness (QED) is 0.346. The van der Waals surface area contributed by atoms with Gasteiger partial charge in [-0.2, -0.15) is 0 Å². The lowest BCUT2D eigenvalue weighted by Gasteiger charge is -2.35. The van der Waals surface area contributed by atoms with Gasteiger partial charge in [-0.15, -0.1) is 8.78 Å². The Labute approximate surface area is 261 Å². The summed E-state index contributed by atoms with van der Waals surface area (Å²) in [4.78, 5) is 28.3. The number of amides is 2. The summed E-state index contributed by atoms with van der Waals surface area (Å²) in [5.41, 5.74) is 0.993. The first-order valence-electron chi connectivity index (χ1n) is 14.8. The van der Waals surface area contributed by atoms with Crippen LogP contribution >= 0.6 is 0 Å². The van der Waals surface area contributed by atoms with Crippen molar-refractivity contribution in [3.8, 4) is 28.7 Å². The lowest BCUT2D eigenvalue weighted by molar-refractivity contribution is -0.286. The molecule has 3 aromatic rings. The molecule has 3 atom stereocenters. The summed E-state index contributed by atoms with van der Waals surface area (Å²) < 4.78 is 81.2. The minimum atomic E-state index is -3.81. The van der Waals surface area contributed by atoms with Crippen molar-refractivity contribution in [1.29, 1.82) is 0 Å². The van der Waals surface area contributed by atoms with Gasteiger partial charge in [0.2, 0.25) is 5.91 Å². The predicted octanol–water partition coefficient (Wildman–Crippen LogP) is 5.92. The molecule has 1 fully saturated rings. The molecule has 0 aliphatic carbocycles. The molecule has 0 saturated carbocycles. The molecular formula is C33H30F4N2O7. The van der Waals surface area contributed by atoms with Crippen molar-refractivity contribution >= 4 is 11.8 Å². The van der Waals surface area contributed by atoms with Gasteiger partial charge in [-0.1, -0.05) is 12.1 Å². The van der Waals surface area contributed by atoms with Crippen molar-refractivity contribution in [3.05, 3.63) is 76.9 Å². The number of halogens is 4. The molecule has 1 saturated heterocycles. The van der Waals surface area contributed by atoms with Crippen LogP contribution in [0.1, 0.15) is 65.4 Å². The van der Waals surface area contributed by atoms with Gasteiger partial charge in [-0.25, -0.2) is 8.78 Å². The Morgan fingerprint density at radius 1 is 0.913 bits per heavy atom. The molecule has 3 aromatic carbocycles. The lowest BCUT2D eigenvalue weighted by atomic mass is 9.82. The average Bonchev–Trinajstić information content (AvgIpc) is 3.53. The van der Waals surface area contributed by atoms with E-state index in [1.54, 1.807) is 49.4 Å². The largest absolute Gasteiger partial charge is 0.586 e. The van der Waals surface area contributed by atoms with E-state index in [0.29, 0.717) is 34.6 Å². The van der Waals surface area contributed by atoms with Crippen molar-refractivity contribution < 1.29 is 50.8 Å². The molecule has 2 amide bonds. The second-order valence-corrected chi connectivity index (χ2v) is 12.1. The van der Waals surface area contributed by atoms with E-state index in [1.165, 1.54) is 24.1 Å². The number of carbonyl (C=O) groups excluding carboxylic acids is 2. The van der Waals surface area contributed by atoms with E-state index in [2.05, 4.69) is 14.8 Å². The summed E-state index contributed by atoms with van der Waals surface area (Å²) in [6.45, 7) is 1.62. The fraction of sp³-hybridized carbons (Fsp3) is 0.394. The maximum atomic E-state index is 13.9.